The summed E-state index contributed by atoms with van der Waals surface area (Å²) in [5, 5.41) is 8.20. The fourth-order valence-corrected chi connectivity index (χ4v) is 3.15. The smallest absolute Gasteiger partial charge is 0.233 e. The molecule has 0 atom stereocenters. The lowest BCUT2D eigenvalue weighted by molar-refractivity contribution is 0.258. The van der Waals surface area contributed by atoms with E-state index in [2.05, 4.69) is 28.8 Å². The van der Waals surface area contributed by atoms with Crippen LogP contribution in [0.25, 0.3) is 11.3 Å². The molecule has 7 heteroatoms. The summed E-state index contributed by atoms with van der Waals surface area (Å²) in [4.78, 5) is 0. The Balaban J connectivity index is 2.05. The van der Waals surface area contributed by atoms with E-state index in [0.717, 1.165) is 5.56 Å². The highest BCUT2D eigenvalue weighted by Crippen LogP contribution is 2.21. The summed E-state index contributed by atoms with van der Waals surface area (Å²) in [6.45, 7) is 6.56. The Bertz CT molecular complexity index is 742. The number of hydrogen-bond donors (Lipinski definition) is 1. The number of hydrogen-bond acceptors (Lipinski definition) is 5. The molecule has 2 aromatic rings. The monoisotopic (exact) mass is 349 g/mol. The fourth-order valence-electron chi connectivity index (χ4n) is 2.01. The van der Waals surface area contributed by atoms with Crippen LogP contribution in [0.1, 0.15) is 27.2 Å². The average molecular weight is 349 g/mol. The zero-order chi connectivity index (χ0) is 17.6. The van der Waals surface area contributed by atoms with Gasteiger partial charge < -0.3 is 4.74 Å². The van der Waals surface area contributed by atoms with Crippen LogP contribution >= 0.6 is 0 Å². The van der Waals surface area contributed by atoms with Crippen LogP contribution in [0.3, 0.4) is 0 Å². The predicted molar refractivity (Wildman–Crippen MR) is 95.5 cm³/mol. The van der Waals surface area contributed by atoms with Gasteiger partial charge >= 0.3 is 0 Å². The summed E-state index contributed by atoms with van der Waals surface area (Å²) >= 11 is 0. The first-order chi connectivity index (χ1) is 11.4. The second-order valence-corrected chi connectivity index (χ2v) is 7.80. The van der Waals surface area contributed by atoms with Crippen molar-refractivity contribution in [2.45, 2.75) is 27.2 Å². The van der Waals surface area contributed by atoms with Gasteiger partial charge in [0.15, 0.2) is 0 Å². The predicted octanol–water partition coefficient (Wildman–Crippen LogP) is 3.33. The van der Waals surface area contributed by atoms with Crippen LogP contribution in [0, 0.1) is 5.92 Å². The van der Waals surface area contributed by atoms with Crippen molar-refractivity contribution < 1.29 is 13.2 Å². The zero-order valence-corrected chi connectivity index (χ0v) is 15.0. The molecule has 0 saturated heterocycles. The molecule has 0 saturated carbocycles. The zero-order valence-electron chi connectivity index (χ0n) is 14.2. The lowest BCUT2D eigenvalue weighted by atomic mass is 10.1. The maximum absolute atomic E-state index is 11.8. The Kier molecular flexibility index (Phi) is 6.14. The standard InChI is InChI=1S/C17H23N3O3S/c1-4-11-24(21,22)20-15-7-5-14(6-8-15)16-9-10-17(19-18-16)23-12-13(2)3/h5-10,13,20H,4,11-12H2,1-3H3. The molecule has 0 aliphatic rings. The molecule has 0 unspecified atom stereocenters. The molecule has 0 spiro atoms. The number of sulfonamides is 1. The van der Waals surface area contributed by atoms with E-state index < -0.39 is 10.0 Å². The van der Waals surface area contributed by atoms with Crippen molar-refractivity contribution in [2.24, 2.45) is 5.92 Å². The molecule has 130 valence electrons. The van der Waals surface area contributed by atoms with Gasteiger partial charge in [0.25, 0.3) is 0 Å². The number of benzene rings is 1. The average Bonchev–Trinajstić information content (AvgIpc) is 2.54. The number of aromatic nitrogens is 2. The van der Waals surface area contributed by atoms with Crippen molar-refractivity contribution in [3.63, 3.8) is 0 Å². The minimum Gasteiger partial charge on any atom is -0.476 e. The molecule has 2 rings (SSSR count). The minimum absolute atomic E-state index is 0.109. The Morgan fingerprint density at radius 1 is 1.08 bits per heavy atom. The number of nitrogens with zero attached hydrogens (tertiary/aromatic N) is 2. The third-order valence-corrected chi connectivity index (χ3v) is 4.62. The maximum atomic E-state index is 11.8. The first kappa shape index (κ1) is 18.2. The summed E-state index contributed by atoms with van der Waals surface area (Å²) in [6.07, 6.45) is 0.578. The molecule has 0 radical (unpaired) electrons. The summed E-state index contributed by atoms with van der Waals surface area (Å²) < 4.78 is 31.6. The maximum Gasteiger partial charge on any atom is 0.233 e. The molecule has 1 aromatic heterocycles. The van der Waals surface area contributed by atoms with Crippen LogP contribution < -0.4 is 9.46 Å². The Labute approximate surface area is 143 Å². The van der Waals surface area contributed by atoms with Crippen LogP contribution in [0.15, 0.2) is 36.4 Å². The van der Waals surface area contributed by atoms with Gasteiger partial charge in [0, 0.05) is 17.3 Å². The van der Waals surface area contributed by atoms with E-state index in [0.29, 0.717) is 36.2 Å². The molecular weight excluding hydrogens is 326 g/mol. The van der Waals surface area contributed by atoms with E-state index in [1.165, 1.54) is 0 Å². The molecule has 0 aliphatic heterocycles. The van der Waals surface area contributed by atoms with Gasteiger partial charge in [-0.25, -0.2) is 8.42 Å². The van der Waals surface area contributed by atoms with Crippen LogP contribution in [-0.2, 0) is 10.0 Å². The SMILES string of the molecule is CCCS(=O)(=O)Nc1ccc(-c2ccc(OCC(C)C)nn2)cc1. The molecule has 1 N–H and O–H groups in total. The van der Waals surface area contributed by atoms with E-state index in [1.807, 2.05) is 25.1 Å². The molecule has 0 fully saturated rings. The lowest BCUT2D eigenvalue weighted by Crippen LogP contribution is -2.15. The highest BCUT2D eigenvalue weighted by atomic mass is 32.2. The second kappa shape index (κ2) is 8.10. The molecule has 1 heterocycles. The Morgan fingerprint density at radius 2 is 1.79 bits per heavy atom. The van der Waals surface area contributed by atoms with Gasteiger partial charge in [-0.15, -0.1) is 10.2 Å². The molecule has 24 heavy (non-hydrogen) atoms. The van der Waals surface area contributed by atoms with Crippen LogP contribution in [0.5, 0.6) is 5.88 Å². The van der Waals surface area contributed by atoms with Crippen LogP contribution in [-0.4, -0.2) is 31.0 Å². The summed E-state index contributed by atoms with van der Waals surface area (Å²) in [6, 6.07) is 10.7. The Hall–Kier alpha value is -2.15. The molecule has 0 aliphatic carbocycles. The quantitative estimate of drug-likeness (QED) is 0.790. The molecule has 0 bridgehead atoms. The molecule has 6 nitrogen and oxygen atoms in total. The molecule has 0 amide bonds. The minimum atomic E-state index is -3.28. The third-order valence-electron chi connectivity index (χ3n) is 3.13. The van der Waals surface area contributed by atoms with Crippen molar-refractivity contribution >= 4 is 15.7 Å². The number of anilines is 1. The highest BCUT2D eigenvalue weighted by molar-refractivity contribution is 7.92. The largest absolute Gasteiger partial charge is 0.476 e. The summed E-state index contributed by atoms with van der Waals surface area (Å²) in [5.74, 6) is 1.03. The second-order valence-electron chi connectivity index (χ2n) is 5.96. The van der Waals surface area contributed by atoms with Gasteiger partial charge in [0.2, 0.25) is 15.9 Å². The lowest BCUT2D eigenvalue weighted by Gasteiger charge is -2.09. The van der Waals surface area contributed by atoms with E-state index in [9.17, 15) is 8.42 Å². The van der Waals surface area contributed by atoms with Crippen molar-refractivity contribution in [1.82, 2.24) is 10.2 Å². The first-order valence-electron chi connectivity index (χ1n) is 7.97. The van der Waals surface area contributed by atoms with Crippen molar-refractivity contribution in [3.05, 3.63) is 36.4 Å². The van der Waals surface area contributed by atoms with E-state index >= 15 is 0 Å². The normalized spacial score (nSPS) is 11.5. The van der Waals surface area contributed by atoms with E-state index in [4.69, 9.17) is 4.74 Å². The summed E-state index contributed by atoms with van der Waals surface area (Å²) in [5.41, 5.74) is 2.10. The number of ether oxygens (including phenoxy) is 1. The fraction of sp³-hybridized carbons (Fsp3) is 0.412. The Morgan fingerprint density at radius 3 is 2.33 bits per heavy atom. The van der Waals surface area contributed by atoms with Gasteiger partial charge in [-0.05, 0) is 30.5 Å². The van der Waals surface area contributed by atoms with Gasteiger partial charge in [0.05, 0.1) is 18.1 Å². The third kappa shape index (κ3) is 5.49. The topological polar surface area (TPSA) is 81.2 Å². The van der Waals surface area contributed by atoms with E-state index in [-0.39, 0.29) is 5.75 Å². The highest BCUT2D eigenvalue weighted by Gasteiger charge is 2.09. The van der Waals surface area contributed by atoms with Gasteiger partial charge in [-0.1, -0.05) is 32.9 Å². The van der Waals surface area contributed by atoms with Crippen LogP contribution in [0.4, 0.5) is 5.69 Å². The number of nitrogens with one attached hydrogen (secondary N) is 1. The van der Waals surface area contributed by atoms with Crippen molar-refractivity contribution in [2.75, 3.05) is 17.1 Å². The van der Waals surface area contributed by atoms with Gasteiger partial charge in [-0.2, -0.15) is 0 Å². The van der Waals surface area contributed by atoms with Gasteiger partial charge in [0.1, 0.15) is 0 Å². The van der Waals surface area contributed by atoms with Crippen LogP contribution in [0.2, 0.25) is 0 Å². The van der Waals surface area contributed by atoms with Crippen molar-refractivity contribution in [1.29, 1.82) is 0 Å². The van der Waals surface area contributed by atoms with Gasteiger partial charge in [-0.3, -0.25) is 4.72 Å². The van der Waals surface area contributed by atoms with E-state index in [1.54, 1.807) is 18.2 Å². The first-order valence-corrected chi connectivity index (χ1v) is 9.62. The number of rotatable bonds is 8. The molecule has 1 aromatic carbocycles. The molecular formula is C17H23N3O3S. The summed E-state index contributed by atoms with van der Waals surface area (Å²) in [7, 11) is -3.28. The van der Waals surface area contributed by atoms with Crippen molar-refractivity contribution in [3.8, 4) is 17.1 Å².